The van der Waals surface area contributed by atoms with E-state index in [-0.39, 0.29) is 42.6 Å². The molecule has 1 aliphatic heterocycles. The number of benzene rings is 1. The molecule has 2 heterocycles. The van der Waals surface area contributed by atoms with Gasteiger partial charge in [-0.3, -0.25) is 14.2 Å². The van der Waals surface area contributed by atoms with E-state index in [9.17, 15) is 14.7 Å². The van der Waals surface area contributed by atoms with Gasteiger partial charge in [-0.2, -0.15) is 0 Å². The standard InChI is InChI=1S/C26H36N2O7/c1-6-34-26-19(11-9-13-29)20(14-23(35-26)25(31)27(3)16-24(32-4)33-5)21-15-28(17(2)30)22-12-8-7-10-18(21)22/h7-8,10,12,14-15,19-20,24,26,29H,6,9,11,13,16H2,1-5H3/t19-,20+,26-/m1/s1. The summed E-state index contributed by atoms with van der Waals surface area (Å²) in [5.41, 5.74) is 1.71. The lowest BCUT2D eigenvalue weighted by Gasteiger charge is -2.37. The van der Waals surface area contributed by atoms with Gasteiger partial charge in [0, 0.05) is 64.8 Å². The number of aromatic nitrogens is 1. The van der Waals surface area contributed by atoms with Crippen LogP contribution in [0.15, 0.2) is 42.3 Å². The Kier molecular flexibility index (Phi) is 9.45. The van der Waals surface area contributed by atoms with Crippen molar-refractivity contribution in [3.63, 3.8) is 0 Å². The molecule has 192 valence electrons. The number of rotatable bonds is 11. The van der Waals surface area contributed by atoms with Gasteiger partial charge in [-0.1, -0.05) is 18.2 Å². The van der Waals surface area contributed by atoms with Crippen LogP contribution >= 0.6 is 0 Å². The van der Waals surface area contributed by atoms with Crippen molar-refractivity contribution in [1.29, 1.82) is 0 Å². The SMILES string of the molecule is CCO[C@@H]1OC(C(=O)N(C)CC(OC)OC)=C[C@H](c2cn(C(C)=O)c3ccccc23)[C@H]1CCCO. The second-order valence-corrected chi connectivity index (χ2v) is 8.61. The number of methoxy groups -OCH3 is 2. The largest absolute Gasteiger partial charge is 0.459 e. The van der Waals surface area contributed by atoms with E-state index in [1.807, 2.05) is 43.5 Å². The fourth-order valence-electron chi connectivity index (χ4n) is 4.59. The van der Waals surface area contributed by atoms with Crippen molar-refractivity contribution in [1.82, 2.24) is 9.47 Å². The fourth-order valence-corrected chi connectivity index (χ4v) is 4.59. The molecule has 9 heteroatoms. The number of carbonyl (C=O) groups is 2. The number of aliphatic hydroxyl groups is 1. The number of amides is 1. The number of para-hydroxylation sites is 1. The van der Waals surface area contributed by atoms with E-state index >= 15 is 0 Å². The topological polar surface area (TPSA) is 99.5 Å². The van der Waals surface area contributed by atoms with Gasteiger partial charge >= 0.3 is 0 Å². The molecule has 2 aromatic rings. The zero-order valence-corrected chi connectivity index (χ0v) is 21.1. The first kappa shape index (κ1) is 26.9. The zero-order valence-electron chi connectivity index (χ0n) is 21.1. The number of ether oxygens (including phenoxy) is 4. The Morgan fingerprint density at radius 3 is 2.57 bits per heavy atom. The molecule has 0 spiro atoms. The summed E-state index contributed by atoms with van der Waals surface area (Å²) in [7, 11) is 4.68. The van der Waals surface area contributed by atoms with Gasteiger partial charge in [0.25, 0.3) is 5.91 Å². The average Bonchev–Trinajstić information content (AvgIpc) is 3.25. The fraction of sp³-hybridized carbons (Fsp3) is 0.538. The van der Waals surface area contributed by atoms with Gasteiger partial charge in [-0.25, -0.2) is 0 Å². The number of hydrogen-bond donors (Lipinski definition) is 1. The minimum atomic E-state index is -0.686. The van der Waals surface area contributed by atoms with E-state index in [0.717, 1.165) is 16.5 Å². The molecule has 1 aliphatic rings. The Labute approximate surface area is 206 Å². The highest BCUT2D eigenvalue weighted by Crippen LogP contribution is 2.42. The molecule has 35 heavy (non-hydrogen) atoms. The van der Waals surface area contributed by atoms with Gasteiger partial charge in [-0.05, 0) is 37.5 Å². The van der Waals surface area contributed by atoms with Crippen LogP contribution in [-0.4, -0.2) is 80.0 Å². The Bertz CT molecular complexity index is 1040. The second kappa shape index (κ2) is 12.3. The molecule has 3 atom stereocenters. The molecule has 1 aromatic heterocycles. The van der Waals surface area contributed by atoms with Gasteiger partial charge in [0.05, 0.1) is 12.1 Å². The van der Waals surface area contributed by atoms with Crippen LogP contribution < -0.4 is 0 Å². The lowest BCUT2D eigenvalue weighted by molar-refractivity contribution is -0.172. The van der Waals surface area contributed by atoms with E-state index in [2.05, 4.69) is 0 Å². The molecule has 1 N–H and O–H groups in total. The van der Waals surface area contributed by atoms with Gasteiger partial charge in [0.15, 0.2) is 12.0 Å². The summed E-state index contributed by atoms with van der Waals surface area (Å²) >= 11 is 0. The highest BCUT2D eigenvalue weighted by molar-refractivity contribution is 5.95. The van der Waals surface area contributed by atoms with Crippen molar-refractivity contribution in [2.45, 2.75) is 45.2 Å². The smallest absolute Gasteiger partial charge is 0.288 e. The molecule has 0 saturated carbocycles. The highest BCUT2D eigenvalue weighted by Gasteiger charge is 2.39. The van der Waals surface area contributed by atoms with E-state index in [1.165, 1.54) is 26.0 Å². The molecule has 3 rings (SSSR count). The van der Waals surface area contributed by atoms with Gasteiger partial charge < -0.3 is 29.0 Å². The number of aliphatic hydroxyl groups excluding tert-OH is 1. The summed E-state index contributed by atoms with van der Waals surface area (Å²) in [6, 6.07) is 7.70. The monoisotopic (exact) mass is 488 g/mol. The van der Waals surface area contributed by atoms with Crippen LogP contribution in [0.4, 0.5) is 0 Å². The number of hydrogen-bond acceptors (Lipinski definition) is 7. The maximum atomic E-state index is 13.4. The maximum absolute atomic E-state index is 13.4. The molecule has 0 unspecified atom stereocenters. The third kappa shape index (κ3) is 5.92. The molecule has 1 aromatic carbocycles. The Hall–Kier alpha value is -2.72. The van der Waals surface area contributed by atoms with E-state index in [1.54, 1.807) is 11.6 Å². The van der Waals surface area contributed by atoms with E-state index in [4.69, 9.17) is 18.9 Å². The molecule has 0 fully saturated rings. The number of carbonyl (C=O) groups excluding carboxylic acids is 2. The number of nitrogens with zero attached hydrogens (tertiary/aromatic N) is 2. The maximum Gasteiger partial charge on any atom is 0.288 e. The van der Waals surface area contributed by atoms with Crippen molar-refractivity contribution in [2.75, 3.05) is 41.0 Å². The summed E-state index contributed by atoms with van der Waals surface area (Å²) in [6.07, 6.45) is 3.57. The summed E-state index contributed by atoms with van der Waals surface area (Å²) < 4.78 is 24.1. The summed E-state index contributed by atoms with van der Waals surface area (Å²) in [5.74, 6) is -0.694. The van der Waals surface area contributed by atoms with Crippen LogP contribution in [0.5, 0.6) is 0 Å². The summed E-state index contributed by atoms with van der Waals surface area (Å²) in [4.78, 5) is 27.2. The molecule has 1 amide bonds. The van der Waals surface area contributed by atoms with Crippen LogP contribution in [0.1, 0.15) is 43.0 Å². The predicted octanol–water partition coefficient (Wildman–Crippen LogP) is 3.13. The van der Waals surface area contributed by atoms with E-state index < -0.39 is 12.6 Å². The first-order chi connectivity index (χ1) is 16.9. The normalized spacial score (nSPS) is 20.1. The third-order valence-corrected chi connectivity index (χ3v) is 6.36. The number of fused-ring (bicyclic) bond motifs is 1. The quantitative estimate of drug-likeness (QED) is 0.485. The first-order valence-electron chi connectivity index (χ1n) is 11.9. The summed E-state index contributed by atoms with van der Waals surface area (Å²) in [5, 5.41) is 10.5. The van der Waals surface area contributed by atoms with Crippen molar-refractivity contribution in [2.24, 2.45) is 5.92 Å². The molecular formula is C26H36N2O7. The summed E-state index contributed by atoms with van der Waals surface area (Å²) in [6.45, 7) is 4.04. The number of likely N-dealkylation sites (N-methyl/N-ethyl adjacent to an activating group) is 1. The molecule has 0 aliphatic carbocycles. The first-order valence-corrected chi connectivity index (χ1v) is 11.9. The van der Waals surface area contributed by atoms with Gasteiger partial charge in [0.2, 0.25) is 12.2 Å². The molecule has 0 saturated heterocycles. The van der Waals surface area contributed by atoms with Crippen LogP contribution in [0, 0.1) is 5.92 Å². The van der Waals surface area contributed by atoms with Crippen LogP contribution in [0.25, 0.3) is 10.9 Å². The van der Waals surface area contributed by atoms with Crippen LogP contribution in [0.2, 0.25) is 0 Å². The Morgan fingerprint density at radius 1 is 1.23 bits per heavy atom. The van der Waals surface area contributed by atoms with Gasteiger partial charge in [-0.15, -0.1) is 0 Å². The minimum absolute atomic E-state index is 0.0327. The van der Waals surface area contributed by atoms with Crippen molar-refractivity contribution >= 4 is 22.7 Å². The van der Waals surface area contributed by atoms with Crippen molar-refractivity contribution in [3.05, 3.63) is 47.9 Å². The second-order valence-electron chi connectivity index (χ2n) is 8.61. The Balaban J connectivity index is 2.09. The highest BCUT2D eigenvalue weighted by atomic mass is 16.7. The third-order valence-electron chi connectivity index (χ3n) is 6.36. The van der Waals surface area contributed by atoms with Crippen LogP contribution in [-0.2, 0) is 23.7 Å². The lowest BCUT2D eigenvalue weighted by atomic mass is 9.80. The Morgan fingerprint density at radius 2 is 1.94 bits per heavy atom. The molecule has 0 radical (unpaired) electrons. The lowest BCUT2D eigenvalue weighted by Crippen LogP contribution is -2.41. The van der Waals surface area contributed by atoms with E-state index in [0.29, 0.717) is 19.4 Å². The molecule has 0 bridgehead atoms. The number of allylic oxidation sites excluding steroid dienone is 1. The van der Waals surface area contributed by atoms with Crippen molar-refractivity contribution in [3.8, 4) is 0 Å². The zero-order chi connectivity index (χ0) is 25.5. The average molecular weight is 489 g/mol. The minimum Gasteiger partial charge on any atom is -0.459 e. The van der Waals surface area contributed by atoms with Crippen LogP contribution in [0.3, 0.4) is 0 Å². The predicted molar refractivity (Wildman–Crippen MR) is 131 cm³/mol. The molecular weight excluding hydrogens is 452 g/mol. The van der Waals surface area contributed by atoms with Gasteiger partial charge in [0.1, 0.15) is 0 Å². The van der Waals surface area contributed by atoms with Crippen molar-refractivity contribution < 1.29 is 33.6 Å². The molecule has 9 nitrogen and oxygen atoms in total.